The Kier molecular flexibility index (Phi) is 4.22. The zero-order valence-corrected chi connectivity index (χ0v) is 12.7. The summed E-state index contributed by atoms with van der Waals surface area (Å²) in [6.45, 7) is 0. The zero-order valence-electron chi connectivity index (χ0n) is 12.7. The molecule has 0 aromatic heterocycles. The Morgan fingerprint density at radius 2 is 1.88 bits per heavy atom. The van der Waals surface area contributed by atoms with Crippen LogP contribution in [0.4, 0.5) is 0 Å². The van der Waals surface area contributed by atoms with Crippen molar-refractivity contribution in [3.63, 3.8) is 0 Å². The van der Waals surface area contributed by atoms with Crippen LogP contribution in [0.3, 0.4) is 0 Å². The Balaban J connectivity index is 0.00000169. The fourth-order valence-corrected chi connectivity index (χ4v) is 4.04. The molecule has 126 valence electrons. The second-order valence-corrected chi connectivity index (χ2v) is 6.45. The molecule has 0 spiro atoms. The van der Waals surface area contributed by atoms with E-state index in [0.717, 1.165) is 36.1 Å². The van der Waals surface area contributed by atoms with Crippen molar-refractivity contribution >= 4 is 5.91 Å². The highest BCUT2D eigenvalue weighted by atomic mass is 16.5. The summed E-state index contributed by atoms with van der Waals surface area (Å²) in [5, 5.41) is 9.50. The molecule has 4 nitrogen and oxygen atoms in total. The maximum atomic E-state index is 11.5. The van der Waals surface area contributed by atoms with Crippen LogP contribution in [-0.2, 0) is 0 Å². The number of aromatic hydroxyl groups is 1. The lowest BCUT2D eigenvalue weighted by molar-refractivity contribution is 0.0993. The van der Waals surface area contributed by atoms with Crippen LogP contribution in [0.2, 0.25) is 0 Å². The third-order valence-electron chi connectivity index (χ3n) is 5.13. The molecule has 0 unspecified atom stereocenters. The molecule has 3 N–H and O–H groups in total. The van der Waals surface area contributed by atoms with Crippen LogP contribution in [-0.4, -0.2) is 11.0 Å². The van der Waals surface area contributed by atoms with Crippen molar-refractivity contribution in [3.05, 3.63) is 59.2 Å². The number of hydrogen-bond donors (Lipinski definition) is 2. The van der Waals surface area contributed by atoms with Gasteiger partial charge in [-0.05, 0) is 60.2 Å². The molecule has 1 saturated carbocycles. The summed E-state index contributed by atoms with van der Waals surface area (Å²) in [5.41, 5.74) is 8.15. The Bertz CT molecular complexity index is 754. The molecule has 1 aliphatic heterocycles. The first-order valence-corrected chi connectivity index (χ1v) is 8.03. The van der Waals surface area contributed by atoms with E-state index in [2.05, 4.69) is 0 Å². The molecular weight excluding hydrogens is 302 g/mol. The Labute approximate surface area is 142 Å². The van der Waals surface area contributed by atoms with E-state index in [9.17, 15) is 9.90 Å². The normalized spacial score (nSPS) is 24.2. The molecule has 3 atom stereocenters. The molecule has 1 fully saturated rings. The van der Waals surface area contributed by atoms with E-state index in [0.29, 0.717) is 17.4 Å². The van der Waals surface area contributed by atoms with Gasteiger partial charge in [0, 0.05) is 11.5 Å². The molecule has 2 aromatic carbocycles. The highest BCUT2D eigenvalue weighted by molar-refractivity contribution is 5.93. The minimum atomic E-state index is -0.400. The van der Waals surface area contributed by atoms with Gasteiger partial charge in [0.25, 0.3) is 0 Å². The van der Waals surface area contributed by atoms with Gasteiger partial charge in [-0.15, -0.1) is 0 Å². The Hall–Kier alpha value is -2.49. The fourth-order valence-electron chi connectivity index (χ4n) is 4.04. The van der Waals surface area contributed by atoms with Gasteiger partial charge >= 0.3 is 0 Å². The third-order valence-corrected chi connectivity index (χ3v) is 5.13. The highest BCUT2D eigenvalue weighted by Crippen LogP contribution is 2.53. The average Bonchev–Trinajstić information content (AvgIpc) is 3.04. The molecule has 1 heterocycles. The van der Waals surface area contributed by atoms with Gasteiger partial charge in [0.2, 0.25) is 5.91 Å². The summed E-state index contributed by atoms with van der Waals surface area (Å²) in [5.74, 6) is 1.50. The summed E-state index contributed by atoms with van der Waals surface area (Å²) in [7, 11) is 0. The number of carbonyl (C=O) groups is 1. The van der Waals surface area contributed by atoms with E-state index in [1.54, 1.807) is 18.2 Å². The Morgan fingerprint density at radius 1 is 1.12 bits per heavy atom. The summed E-state index contributed by atoms with van der Waals surface area (Å²) in [6, 6.07) is 12.7. The van der Waals surface area contributed by atoms with Gasteiger partial charge in [-0.1, -0.05) is 26.0 Å². The van der Waals surface area contributed by atoms with Crippen molar-refractivity contribution in [2.75, 3.05) is 0 Å². The number of rotatable bonds is 2. The first kappa shape index (κ1) is 16.4. The van der Waals surface area contributed by atoms with Crippen molar-refractivity contribution in [3.8, 4) is 11.5 Å². The molecule has 0 saturated heterocycles. The molecule has 24 heavy (non-hydrogen) atoms. The van der Waals surface area contributed by atoms with E-state index >= 15 is 0 Å². The summed E-state index contributed by atoms with van der Waals surface area (Å²) in [6.07, 6.45) is 3.37. The molecule has 2 aliphatic rings. The van der Waals surface area contributed by atoms with Gasteiger partial charge in [-0.2, -0.15) is 0 Å². The van der Waals surface area contributed by atoms with Crippen LogP contribution in [0.15, 0.2) is 42.5 Å². The topological polar surface area (TPSA) is 72.6 Å². The maximum absolute atomic E-state index is 11.5. The van der Waals surface area contributed by atoms with Crippen LogP contribution in [0, 0.1) is 5.92 Å². The van der Waals surface area contributed by atoms with Crippen molar-refractivity contribution in [2.24, 2.45) is 11.7 Å². The van der Waals surface area contributed by atoms with Gasteiger partial charge in [0.05, 0.1) is 0 Å². The molecule has 4 heteroatoms. The monoisotopic (exact) mass is 325 g/mol. The smallest absolute Gasteiger partial charge is 0.248 e. The number of amides is 1. The van der Waals surface area contributed by atoms with Crippen LogP contribution in [0.1, 0.15) is 60.2 Å². The Morgan fingerprint density at radius 3 is 2.58 bits per heavy atom. The van der Waals surface area contributed by atoms with Crippen molar-refractivity contribution in [1.82, 2.24) is 0 Å². The van der Waals surface area contributed by atoms with Crippen molar-refractivity contribution in [1.29, 1.82) is 0 Å². The molecule has 1 aliphatic carbocycles. The van der Waals surface area contributed by atoms with E-state index < -0.39 is 5.91 Å². The SMILES string of the molecule is C.NC(=O)c1ccc2c(c1)[C@H]1CCC[C@H]1[C@@H](c1ccc(O)cc1)O2. The van der Waals surface area contributed by atoms with Crippen LogP contribution < -0.4 is 10.5 Å². The van der Waals surface area contributed by atoms with E-state index in [4.69, 9.17) is 10.5 Å². The van der Waals surface area contributed by atoms with Gasteiger partial charge < -0.3 is 15.6 Å². The van der Waals surface area contributed by atoms with Crippen LogP contribution >= 0.6 is 0 Å². The minimum absolute atomic E-state index is 0. The van der Waals surface area contributed by atoms with Crippen molar-refractivity contribution < 1.29 is 14.6 Å². The van der Waals surface area contributed by atoms with Gasteiger partial charge in [-0.3, -0.25) is 4.79 Å². The van der Waals surface area contributed by atoms with Gasteiger partial charge in [0.15, 0.2) is 0 Å². The number of phenolic OH excluding ortho intramolecular Hbond substituents is 1. The van der Waals surface area contributed by atoms with Crippen molar-refractivity contribution in [2.45, 2.75) is 38.7 Å². The van der Waals surface area contributed by atoms with Gasteiger partial charge in [-0.25, -0.2) is 0 Å². The predicted octanol–water partition coefficient (Wildman–Crippen LogP) is 4.14. The van der Waals surface area contributed by atoms with E-state index in [1.807, 2.05) is 24.3 Å². The largest absolute Gasteiger partial charge is 0.508 e. The maximum Gasteiger partial charge on any atom is 0.248 e. The highest BCUT2D eigenvalue weighted by Gasteiger charge is 2.42. The first-order valence-electron chi connectivity index (χ1n) is 8.03. The fraction of sp³-hybridized carbons (Fsp3) is 0.350. The second-order valence-electron chi connectivity index (χ2n) is 6.45. The number of carbonyl (C=O) groups excluding carboxylic acids is 1. The van der Waals surface area contributed by atoms with E-state index in [1.165, 1.54) is 0 Å². The number of nitrogens with two attached hydrogens (primary N) is 1. The lowest BCUT2D eigenvalue weighted by Gasteiger charge is -2.36. The lowest BCUT2D eigenvalue weighted by Crippen LogP contribution is -2.27. The number of phenols is 1. The number of fused-ring (bicyclic) bond motifs is 3. The summed E-state index contributed by atoms with van der Waals surface area (Å²) in [4.78, 5) is 11.5. The number of benzene rings is 2. The standard InChI is InChI=1S/C19H19NO3.CH4/c20-19(22)12-6-9-17-16(10-12)14-2-1-3-15(14)18(23-17)11-4-7-13(21)8-5-11;/h4-10,14-15,18,21H,1-3H2,(H2,20,22);1H4/t14-,15+,18+;/m0./s1. The second kappa shape index (κ2) is 6.19. The third kappa shape index (κ3) is 2.62. The van der Waals surface area contributed by atoms with E-state index in [-0.39, 0.29) is 19.3 Å². The number of hydrogen-bond acceptors (Lipinski definition) is 3. The van der Waals surface area contributed by atoms with Crippen LogP contribution in [0.5, 0.6) is 11.5 Å². The minimum Gasteiger partial charge on any atom is -0.508 e. The first-order chi connectivity index (χ1) is 11.1. The molecular formula is C20H23NO3. The molecule has 4 rings (SSSR count). The lowest BCUT2D eigenvalue weighted by atomic mass is 9.79. The average molecular weight is 325 g/mol. The van der Waals surface area contributed by atoms with Gasteiger partial charge in [0.1, 0.15) is 17.6 Å². The zero-order chi connectivity index (χ0) is 16.0. The van der Waals surface area contributed by atoms with Crippen LogP contribution in [0.25, 0.3) is 0 Å². The number of primary amides is 1. The summed E-state index contributed by atoms with van der Waals surface area (Å²) < 4.78 is 6.27. The quantitative estimate of drug-likeness (QED) is 0.871. The molecule has 0 bridgehead atoms. The molecule has 1 amide bonds. The summed E-state index contributed by atoms with van der Waals surface area (Å²) >= 11 is 0. The molecule has 2 aromatic rings. The predicted molar refractivity (Wildman–Crippen MR) is 93.2 cm³/mol. The molecule has 0 radical (unpaired) electrons. The number of ether oxygens (including phenoxy) is 1.